The molecule has 2 aromatic carbocycles. The van der Waals surface area contributed by atoms with Crippen LogP contribution in [0.15, 0.2) is 39.3 Å². The highest BCUT2D eigenvalue weighted by atomic mass is 79.9. The minimum Gasteiger partial charge on any atom is -0.398 e. The van der Waals surface area contributed by atoms with E-state index >= 15 is 0 Å². The Hall–Kier alpha value is -0.710. The van der Waals surface area contributed by atoms with Gasteiger partial charge in [0.05, 0.1) is 11.4 Å². The maximum absolute atomic E-state index is 5.91. The summed E-state index contributed by atoms with van der Waals surface area (Å²) in [5.41, 5.74) is 9.56. The van der Waals surface area contributed by atoms with Crippen LogP contribution in [0, 0.1) is 6.92 Å². The van der Waals surface area contributed by atoms with Crippen molar-refractivity contribution in [2.24, 2.45) is 0 Å². The molecule has 0 amide bonds. The van der Waals surface area contributed by atoms with Gasteiger partial charge < -0.3 is 11.1 Å². The van der Waals surface area contributed by atoms with E-state index in [4.69, 9.17) is 17.3 Å². The van der Waals surface area contributed by atoms with Crippen LogP contribution in [0.1, 0.15) is 5.56 Å². The Balaban J connectivity index is 2.37. The summed E-state index contributed by atoms with van der Waals surface area (Å²) in [4.78, 5) is 0. The molecule has 2 aromatic rings. The molecular weight excluding hydrogens is 379 g/mol. The maximum Gasteiger partial charge on any atom is 0.0533 e. The van der Waals surface area contributed by atoms with Gasteiger partial charge >= 0.3 is 0 Å². The van der Waals surface area contributed by atoms with Crippen molar-refractivity contribution in [3.8, 4) is 0 Å². The van der Waals surface area contributed by atoms with Crippen molar-refractivity contribution in [1.82, 2.24) is 0 Å². The molecule has 0 saturated carbocycles. The predicted molar refractivity (Wildman–Crippen MR) is 85.7 cm³/mol. The summed E-state index contributed by atoms with van der Waals surface area (Å²) in [7, 11) is 0. The van der Waals surface area contributed by atoms with E-state index in [1.54, 1.807) is 0 Å². The molecule has 0 aliphatic heterocycles. The largest absolute Gasteiger partial charge is 0.398 e. The topological polar surface area (TPSA) is 38.0 Å². The molecular formula is C13H11Br2ClN2. The Morgan fingerprint density at radius 3 is 2.39 bits per heavy atom. The second-order valence-electron chi connectivity index (χ2n) is 3.94. The van der Waals surface area contributed by atoms with Crippen LogP contribution in [0.3, 0.4) is 0 Å². The number of aryl methyl sites for hydroxylation is 1. The SMILES string of the molecule is Cc1cc(Nc2ccc(Cl)cc2Br)c(Br)cc1N. The molecule has 0 spiro atoms. The van der Waals surface area contributed by atoms with Crippen LogP contribution in [-0.2, 0) is 0 Å². The fourth-order valence-corrected chi connectivity index (χ4v) is 2.77. The molecule has 0 heterocycles. The quantitative estimate of drug-likeness (QED) is 0.665. The second-order valence-corrected chi connectivity index (χ2v) is 6.08. The van der Waals surface area contributed by atoms with Crippen LogP contribution in [0.4, 0.5) is 17.1 Å². The van der Waals surface area contributed by atoms with Gasteiger partial charge in [0.2, 0.25) is 0 Å². The van der Waals surface area contributed by atoms with Crippen molar-refractivity contribution in [1.29, 1.82) is 0 Å². The van der Waals surface area contributed by atoms with Gasteiger partial charge in [-0.3, -0.25) is 0 Å². The predicted octanol–water partition coefficient (Wildman–Crippen LogP) is 5.50. The van der Waals surface area contributed by atoms with E-state index in [1.165, 1.54) is 0 Å². The summed E-state index contributed by atoms with van der Waals surface area (Å²) in [6, 6.07) is 9.50. The van der Waals surface area contributed by atoms with E-state index in [-0.39, 0.29) is 0 Å². The first-order valence-corrected chi connectivity index (χ1v) is 7.21. The van der Waals surface area contributed by atoms with E-state index in [9.17, 15) is 0 Å². The number of rotatable bonds is 2. The zero-order chi connectivity index (χ0) is 13.3. The standard InChI is InChI=1S/C13H11Br2ClN2/c1-7-4-13(10(15)6-11(7)17)18-12-3-2-8(16)5-9(12)14/h2-6,18H,17H2,1H3. The van der Waals surface area contributed by atoms with E-state index in [1.807, 2.05) is 37.3 Å². The number of halogens is 3. The highest BCUT2D eigenvalue weighted by Crippen LogP contribution is 2.33. The fraction of sp³-hybridized carbons (Fsp3) is 0.0769. The average Bonchev–Trinajstić information content (AvgIpc) is 2.29. The Morgan fingerprint density at radius 1 is 1.06 bits per heavy atom. The van der Waals surface area contributed by atoms with Gasteiger partial charge in [-0.25, -0.2) is 0 Å². The molecule has 2 rings (SSSR count). The fourth-order valence-electron chi connectivity index (χ4n) is 1.53. The van der Waals surface area contributed by atoms with Gasteiger partial charge in [0.1, 0.15) is 0 Å². The molecule has 3 N–H and O–H groups in total. The number of nitrogens with one attached hydrogen (secondary N) is 1. The van der Waals surface area contributed by atoms with Gasteiger partial charge in [0.25, 0.3) is 0 Å². The van der Waals surface area contributed by atoms with Crippen molar-refractivity contribution in [2.75, 3.05) is 11.1 Å². The van der Waals surface area contributed by atoms with Crippen molar-refractivity contribution >= 4 is 60.5 Å². The molecule has 0 aliphatic carbocycles. The monoisotopic (exact) mass is 388 g/mol. The lowest BCUT2D eigenvalue weighted by Gasteiger charge is -2.12. The lowest BCUT2D eigenvalue weighted by Crippen LogP contribution is -1.96. The minimum absolute atomic E-state index is 0.694. The molecule has 2 nitrogen and oxygen atoms in total. The molecule has 0 atom stereocenters. The first-order chi connectivity index (χ1) is 8.47. The van der Waals surface area contributed by atoms with E-state index in [2.05, 4.69) is 37.2 Å². The minimum atomic E-state index is 0.694. The normalized spacial score (nSPS) is 10.4. The first kappa shape index (κ1) is 13.7. The summed E-state index contributed by atoms with van der Waals surface area (Å²) in [6.07, 6.45) is 0. The van der Waals surface area contributed by atoms with E-state index in [0.29, 0.717) is 5.02 Å². The molecule has 0 saturated heterocycles. The molecule has 0 aliphatic rings. The van der Waals surface area contributed by atoms with Crippen LogP contribution < -0.4 is 11.1 Å². The van der Waals surface area contributed by atoms with E-state index < -0.39 is 0 Å². The summed E-state index contributed by atoms with van der Waals surface area (Å²) in [5.74, 6) is 0. The lowest BCUT2D eigenvalue weighted by atomic mass is 10.2. The zero-order valence-corrected chi connectivity index (χ0v) is 13.5. The number of hydrogen-bond donors (Lipinski definition) is 2. The Labute approximate surface area is 128 Å². The van der Waals surface area contributed by atoms with E-state index in [0.717, 1.165) is 31.6 Å². The van der Waals surface area contributed by atoms with Crippen molar-refractivity contribution in [2.45, 2.75) is 6.92 Å². The van der Waals surface area contributed by atoms with Crippen LogP contribution >= 0.6 is 43.5 Å². The molecule has 0 radical (unpaired) electrons. The van der Waals surface area contributed by atoms with Gasteiger partial charge in [-0.1, -0.05) is 11.6 Å². The third-order valence-corrected chi connectivity index (χ3v) is 4.10. The number of anilines is 3. The summed E-state index contributed by atoms with van der Waals surface area (Å²) < 4.78 is 1.84. The summed E-state index contributed by atoms with van der Waals surface area (Å²) >= 11 is 12.9. The highest BCUT2D eigenvalue weighted by Gasteiger charge is 2.06. The highest BCUT2D eigenvalue weighted by molar-refractivity contribution is 9.11. The van der Waals surface area contributed by atoms with Crippen LogP contribution in [0.2, 0.25) is 5.02 Å². The van der Waals surface area contributed by atoms with Gasteiger partial charge in [0, 0.05) is 19.7 Å². The molecule has 0 unspecified atom stereocenters. The molecule has 0 fully saturated rings. The third-order valence-electron chi connectivity index (χ3n) is 2.56. The Bertz CT molecular complexity index is 600. The molecule has 18 heavy (non-hydrogen) atoms. The number of nitrogen functional groups attached to an aromatic ring is 1. The lowest BCUT2D eigenvalue weighted by molar-refractivity contribution is 1.43. The van der Waals surface area contributed by atoms with Crippen molar-refractivity contribution in [3.05, 3.63) is 49.9 Å². The smallest absolute Gasteiger partial charge is 0.0533 e. The number of hydrogen-bond acceptors (Lipinski definition) is 2. The summed E-state index contributed by atoms with van der Waals surface area (Å²) in [6.45, 7) is 1.98. The maximum atomic E-state index is 5.91. The van der Waals surface area contributed by atoms with Gasteiger partial charge in [-0.2, -0.15) is 0 Å². The van der Waals surface area contributed by atoms with Crippen LogP contribution in [-0.4, -0.2) is 0 Å². The zero-order valence-electron chi connectivity index (χ0n) is 9.60. The average molecular weight is 391 g/mol. The molecule has 94 valence electrons. The first-order valence-electron chi connectivity index (χ1n) is 5.25. The second kappa shape index (κ2) is 5.51. The molecule has 0 aromatic heterocycles. The third kappa shape index (κ3) is 2.99. The van der Waals surface area contributed by atoms with Crippen molar-refractivity contribution < 1.29 is 0 Å². The van der Waals surface area contributed by atoms with Crippen LogP contribution in [0.5, 0.6) is 0 Å². The van der Waals surface area contributed by atoms with Gasteiger partial charge in [0.15, 0.2) is 0 Å². The Morgan fingerprint density at radius 2 is 1.72 bits per heavy atom. The number of nitrogens with two attached hydrogens (primary N) is 1. The number of benzene rings is 2. The molecule has 0 bridgehead atoms. The van der Waals surface area contributed by atoms with Crippen molar-refractivity contribution in [3.63, 3.8) is 0 Å². The molecule has 5 heteroatoms. The van der Waals surface area contributed by atoms with Gasteiger partial charge in [-0.05, 0) is 74.7 Å². The van der Waals surface area contributed by atoms with Gasteiger partial charge in [-0.15, -0.1) is 0 Å². The summed E-state index contributed by atoms with van der Waals surface area (Å²) in [5, 5.41) is 4.02. The Kier molecular flexibility index (Phi) is 4.20. The van der Waals surface area contributed by atoms with Crippen LogP contribution in [0.25, 0.3) is 0 Å².